The zero-order valence-electron chi connectivity index (χ0n) is 14.7. The van der Waals surface area contributed by atoms with Gasteiger partial charge in [0, 0.05) is 5.38 Å². The Morgan fingerprint density at radius 3 is 2.69 bits per heavy atom. The van der Waals surface area contributed by atoms with Gasteiger partial charge in [-0.3, -0.25) is 0 Å². The van der Waals surface area contributed by atoms with E-state index in [0.717, 1.165) is 17.0 Å². The van der Waals surface area contributed by atoms with E-state index in [1.165, 1.54) is 11.3 Å². The van der Waals surface area contributed by atoms with Gasteiger partial charge in [0.25, 0.3) is 0 Å². The maximum absolute atomic E-state index is 11.9. The zero-order chi connectivity index (χ0) is 18.5. The summed E-state index contributed by atoms with van der Waals surface area (Å²) in [6.45, 7) is 3.78. The van der Waals surface area contributed by atoms with Gasteiger partial charge in [0.05, 0.1) is 24.9 Å². The quantitative estimate of drug-likeness (QED) is 0.806. The predicted molar refractivity (Wildman–Crippen MR) is 98.3 cm³/mol. The van der Waals surface area contributed by atoms with Crippen molar-refractivity contribution < 1.29 is 19.0 Å². The molecule has 0 saturated carbocycles. The molecule has 0 spiro atoms. The Bertz CT molecular complexity index is 829. The van der Waals surface area contributed by atoms with E-state index in [4.69, 9.17) is 19.2 Å². The van der Waals surface area contributed by atoms with E-state index in [0.29, 0.717) is 17.3 Å². The first kappa shape index (κ1) is 17.9. The van der Waals surface area contributed by atoms with Crippen LogP contribution in [0.2, 0.25) is 0 Å². The van der Waals surface area contributed by atoms with Crippen LogP contribution in [0.4, 0.5) is 4.79 Å². The van der Waals surface area contributed by atoms with Gasteiger partial charge in [-0.1, -0.05) is 12.1 Å². The Labute approximate surface area is 155 Å². The Balaban J connectivity index is 1.98. The second kappa shape index (κ2) is 8.01. The first-order valence-electron chi connectivity index (χ1n) is 8.05. The molecule has 2 heterocycles. The summed E-state index contributed by atoms with van der Waals surface area (Å²) >= 11 is 1.48. The van der Waals surface area contributed by atoms with Crippen LogP contribution in [0.15, 0.2) is 51.6 Å². The number of thiazole rings is 1. The fourth-order valence-corrected chi connectivity index (χ4v) is 3.04. The topological polar surface area (TPSA) is 82.0 Å². The molecule has 0 fully saturated rings. The number of aromatic nitrogens is 1. The number of carbonyl (C=O) groups excluding carboxylic acids is 1. The molecule has 1 aliphatic heterocycles. The maximum Gasteiger partial charge on any atom is 0.513 e. The van der Waals surface area contributed by atoms with Crippen LogP contribution < -0.4 is 10.1 Å². The van der Waals surface area contributed by atoms with Crippen LogP contribution in [0.1, 0.15) is 31.1 Å². The van der Waals surface area contributed by atoms with Crippen molar-refractivity contribution >= 4 is 23.3 Å². The van der Waals surface area contributed by atoms with E-state index in [1.54, 1.807) is 19.5 Å². The molecule has 1 atom stereocenters. The molecule has 0 radical (unpaired) electrons. The third-order valence-corrected chi connectivity index (χ3v) is 4.33. The van der Waals surface area contributed by atoms with E-state index >= 15 is 0 Å². The molecule has 3 rings (SSSR count). The van der Waals surface area contributed by atoms with Crippen molar-refractivity contribution in [2.75, 3.05) is 13.7 Å². The van der Waals surface area contributed by atoms with Crippen LogP contribution in [0.5, 0.6) is 5.75 Å². The number of ether oxygens (including phenoxy) is 3. The molecule has 26 heavy (non-hydrogen) atoms. The lowest BCUT2D eigenvalue weighted by atomic mass is 10.0. The summed E-state index contributed by atoms with van der Waals surface area (Å²) in [5, 5.41) is 5.06. The average Bonchev–Trinajstić information content (AvgIpc) is 3.18. The molecule has 1 N–H and O–H groups in total. The summed E-state index contributed by atoms with van der Waals surface area (Å²) in [6, 6.07) is 6.96. The summed E-state index contributed by atoms with van der Waals surface area (Å²) < 4.78 is 15.6. The first-order valence-corrected chi connectivity index (χ1v) is 8.99. The van der Waals surface area contributed by atoms with E-state index in [9.17, 15) is 4.79 Å². The lowest BCUT2D eigenvalue weighted by molar-refractivity contribution is 0.0763. The van der Waals surface area contributed by atoms with Crippen molar-refractivity contribution in [3.63, 3.8) is 0 Å². The molecule has 1 aromatic carbocycles. The molecular weight excluding hydrogens is 354 g/mol. The van der Waals surface area contributed by atoms with Gasteiger partial charge < -0.3 is 19.5 Å². The Morgan fingerprint density at radius 1 is 1.31 bits per heavy atom. The minimum Gasteiger partial charge on any atom is -0.497 e. The minimum atomic E-state index is -0.755. The van der Waals surface area contributed by atoms with Crippen molar-refractivity contribution in [3.8, 4) is 5.75 Å². The van der Waals surface area contributed by atoms with E-state index < -0.39 is 12.2 Å². The first-order chi connectivity index (χ1) is 12.6. The van der Waals surface area contributed by atoms with Gasteiger partial charge in [-0.05, 0) is 31.5 Å². The number of methoxy groups -OCH3 is 1. The number of aliphatic imine (C=N–C) groups is 1. The zero-order valence-corrected chi connectivity index (χ0v) is 15.5. The summed E-state index contributed by atoms with van der Waals surface area (Å²) in [5.74, 6) is 1.76. The van der Waals surface area contributed by atoms with Crippen LogP contribution in [0.25, 0.3) is 0 Å². The molecule has 1 aromatic heterocycles. The molecule has 0 saturated heterocycles. The molecule has 7 nitrogen and oxygen atoms in total. The third-order valence-electron chi connectivity index (χ3n) is 3.74. The highest BCUT2D eigenvalue weighted by atomic mass is 32.1. The van der Waals surface area contributed by atoms with Crippen LogP contribution >= 0.6 is 11.3 Å². The number of hydrogen-bond acceptors (Lipinski definition) is 8. The van der Waals surface area contributed by atoms with Gasteiger partial charge in [-0.2, -0.15) is 0 Å². The monoisotopic (exact) mass is 373 g/mol. The molecule has 0 aliphatic carbocycles. The Morgan fingerprint density at radius 2 is 2.08 bits per heavy atom. The van der Waals surface area contributed by atoms with Crippen LogP contribution in [-0.4, -0.2) is 30.7 Å². The number of hydrogen-bond donors (Lipinski definition) is 1. The second-order valence-electron chi connectivity index (χ2n) is 5.43. The average molecular weight is 373 g/mol. The van der Waals surface area contributed by atoms with Crippen LogP contribution in [0, 0.1) is 0 Å². The molecule has 136 valence electrons. The fourth-order valence-electron chi connectivity index (χ4n) is 2.51. The lowest BCUT2D eigenvalue weighted by Crippen LogP contribution is -2.31. The SMILES string of the molecule is CCOC(=O)OC1=C(C)NC(c2cscn2)=NC1c1ccc(OC)cc1. The highest BCUT2D eigenvalue weighted by Crippen LogP contribution is 2.33. The van der Waals surface area contributed by atoms with Gasteiger partial charge in [-0.15, -0.1) is 11.3 Å². The summed E-state index contributed by atoms with van der Waals surface area (Å²) in [5.41, 5.74) is 4.02. The number of allylic oxidation sites excluding steroid dienone is 1. The predicted octanol–water partition coefficient (Wildman–Crippen LogP) is 3.65. The van der Waals surface area contributed by atoms with Crippen molar-refractivity contribution in [1.82, 2.24) is 10.3 Å². The van der Waals surface area contributed by atoms with Crippen molar-refractivity contribution in [1.29, 1.82) is 0 Å². The smallest absolute Gasteiger partial charge is 0.497 e. The molecule has 1 unspecified atom stereocenters. The van der Waals surface area contributed by atoms with Gasteiger partial charge in [0.2, 0.25) is 0 Å². The molecule has 8 heteroatoms. The number of amidine groups is 1. The molecule has 2 aromatic rings. The summed E-state index contributed by atoms with van der Waals surface area (Å²) in [4.78, 5) is 20.9. The molecular formula is C18H19N3O4S. The standard InChI is InChI=1S/C18H19N3O4S/c1-4-24-18(22)25-16-11(2)20-17(14-9-26-10-19-14)21-15(16)12-5-7-13(23-3)8-6-12/h5-10,15H,4H2,1-3H3,(H,20,21). The van der Waals surface area contributed by atoms with E-state index in [1.807, 2.05) is 36.6 Å². The van der Waals surface area contributed by atoms with Crippen molar-refractivity contribution in [3.05, 3.63) is 57.9 Å². The number of nitrogens with one attached hydrogen (secondary N) is 1. The van der Waals surface area contributed by atoms with Gasteiger partial charge in [0.1, 0.15) is 17.5 Å². The number of rotatable bonds is 5. The largest absolute Gasteiger partial charge is 0.513 e. The molecule has 0 bridgehead atoms. The lowest BCUT2D eigenvalue weighted by Gasteiger charge is -2.25. The van der Waals surface area contributed by atoms with Crippen molar-refractivity contribution in [2.45, 2.75) is 19.9 Å². The molecule has 1 aliphatic rings. The van der Waals surface area contributed by atoms with Gasteiger partial charge >= 0.3 is 6.16 Å². The number of benzene rings is 1. The summed E-state index contributed by atoms with van der Waals surface area (Å²) in [7, 11) is 1.61. The normalized spacial score (nSPS) is 16.6. The van der Waals surface area contributed by atoms with Gasteiger partial charge in [-0.25, -0.2) is 14.8 Å². The molecule has 0 amide bonds. The highest BCUT2D eigenvalue weighted by molar-refractivity contribution is 7.07. The van der Waals surface area contributed by atoms with Crippen LogP contribution in [0.3, 0.4) is 0 Å². The highest BCUT2D eigenvalue weighted by Gasteiger charge is 2.29. The Kier molecular flexibility index (Phi) is 5.52. The van der Waals surface area contributed by atoms with E-state index in [2.05, 4.69) is 10.3 Å². The van der Waals surface area contributed by atoms with Crippen LogP contribution in [-0.2, 0) is 9.47 Å². The van der Waals surface area contributed by atoms with Crippen molar-refractivity contribution in [2.24, 2.45) is 4.99 Å². The van der Waals surface area contributed by atoms with E-state index in [-0.39, 0.29) is 6.61 Å². The van der Waals surface area contributed by atoms with Gasteiger partial charge in [0.15, 0.2) is 11.6 Å². The Hall–Kier alpha value is -2.87. The number of nitrogens with zero attached hydrogens (tertiary/aromatic N) is 2. The number of carbonyl (C=O) groups is 1. The maximum atomic E-state index is 11.9. The minimum absolute atomic E-state index is 0.235. The second-order valence-corrected chi connectivity index (χ2v) is 6.15. The third kappa shape index (κ3) is 3.85. The summed E-state index contributed by atoms with van der Waals surface area (Å²) in [6.07, 6.45) is -0.755. The fraction of sp³-hybridized carbons (Fsp3) is 0.278.